The van der Waals surface area contributed by atoms with Gasteiger partial charge in [-0.05, 0) is 37.0 Å². The Balaban J connectivity index is 2.30. The van der Waals surface area contributed by atoms with Gasteiger partial charge in [-0.15, -0.1) is 0 Å². The van der Waals surface area contributed by atoms with E-state index >= 15 is 0 Å². The molecule has 0 aromatic heterocycles. The van der Waals surface area contributed by atoms with Crippen molar-refractivity contribution in [3.05, 3.63) is 0 Å². The van der Waals surface area contributed by atoms with Crippen molar-refractivity contribution >= 4 is 5.97 Å². The van der Waals surface area contributed by atoms with Gasteiger partial charge in [-0.1, -0.05) is 59.8 Å². The Morgan fingerprint density at radius 3 is 2.50 bits per heavy atom. The number of unbranched alkanes of at least 4 members (excludes halogenated alkanes) is 4. The third kappa shape index (κ3) is 6.28. The van der Waals surface area contributed by atoms with Crippen molar-refractivity contribution in [1.29, 1.82) is 0 Å². The lowest BCUT2D eigenvalue weighted by atomic mass is 9.75. The summed E-state index contributed by atoms with van der Waals surface area (Å²) in [5.41, 5.74) is 0. The molecule has 0 spiro atoms. The monoisotopic (exact) mass is 282 g/mol. The van der Waals surface area contributed by atoms with Crippen LogP contribution in [0.3, 0.4) is 0 Å². The smallest absolute Gasteiger partial charge is 0.306 e. The van der Waals surface area contributed by atoms with Crippen molar-refractivity contribution in [3.63, 3.8) is 0 Å². The van der Waals surface area contributed by atoms with Crippen molar-refractivity contribution in [1.82, 2.24) is 0 Å². The predicted octanol–water partition coefficient (Wildman–Crippen LogP) is 5.35. The third-order valence-corrected chi connectivity index (χ3v) is 4.73. The number of carbonyl (C=O) groups is 1. The first-order chi connectivity index (χ1) is 9.54. The summed E-state index contributed by atoms with van der Waals surface area (Å²) >= 11 is 0. The van der Waals surface area contributed by atoms with E-state index in [2.05, 4.69) is 27.7 Å². The average Bonchev–Trinajstić information content (AvgIpc) is 2.38. The number of rotatable bonds is 8. The van der Waals surface area contributed by atoms with Crippen LogP contribution in [0, 0.1) is 17.8 Å². The standard InChI is InChI=1S/C18H34O2/c1-5-6-7-8-9-10-18(19)20-17-13-15(4)11-12-16(17)14(2)3/h14-17H,5-13H2,1-4H3. The lowest BCUT2D eigenvalue weighted by Crippen LogP contribution is -2.35. The number of esters is 1. The summed E-state index contributed by atoms with van der Waals surface area (Å²) in [6.45, 7) is 9.01. The van der Waals surface area contributed by atoms with Crippen LogP contribution >= 0.6 is 0 Å². The largest absolute Gasteiger partial charge is 0.462 e. The highest BCUT2D eigenvalue weighted by molar-refractivity contribution is 5.69. The molecule has 3 atom stereocenters. The SMILES string of the molecule is CCCCCCCC(=O)OC1CC(C)CCC1C(C)C. The minimum Gasteiger partial charge on any atom is -0.462 e. The maximum atomic E-state index is 12.0. The highest BCUT2D eigenvalue weighted by Gasteiger charge is 2.33. The van der Waals surface area contributed by atoms with E-state index in [-0.39, 0.29) is 12.1 Å². The molecule has 3 unspecified atom stereocenters. The first-order valence-electron chi connectivity index (χ1n) is 8.74. The van der Waals surface area contributed by atoms with Gasteiger partial charge in [0.1, 0.15) is 6.10 Å². The fourth-order valence-corrected chi connectivity index (χ4v) is 3.35. The Bertz CT molecular complexity index is 273. The molecule has 118 valence electrons. The quantitative estimate of drug-likeness (QED) is 0.443. The first-order valence-corrected chi connectivity index (χ1v) is 8.74. The predicted molar refractivity (Wildman–Crippen MR) is 84.6 cm³/mol. The molecule has 0 saturated heterocycles. The Morgan fingerprint density at radius 2 is 1.85 bits per heavy atom. The second kappa shape index (κ2) is 9.41. The van der Waals surface area contributed by atoms with Crippen LogP contribution in [0.15, 0.2) is 0 Å². The highest BCUT2D eigenvalue weighted by Crippen LogP contribution is 2.35. The van der Waals surface area contributed by atoms with Gasteiger partial charge in [-0.25, -0.2) is 0 Å². The summed E-state index contributed by atoms with van der Waals surface area (Å²) in [6, 6.07) is 0. The molecule has 0 radical (unpaired) electrons. The minimum atomic E-state index is 0.0336. The van der Waals surface area contributed by atoms with Crippen LogP contribution in [0.2, 0.25) is 0 Å². The summed E-state index contributed by atoms with van der Waals surface area (Å²) in [4.78, 5) is 12.0. The molecule has 1 rings (SSSR count). The highest BCUT2D eigenvalue weighted by atomic mass is 16.5. The Morgan fingerprint density at radius 1 is 1.15 bits per heavy atom. The van der Waals surface area contributed by atoms with E-state index < -0.39 is 0 Å². The van der Waals surface area contributed by atoms with E-state index in [1.54, 1.807) is 0 Å². The topological polar surface area (TPSA) is 26.3 Å². The van der Waals surface area contributed by atoms with E-state index in [1.165, 1.54) is 32.1 Å². The lowest BCUT2D eigenvalue weighted by Gasteiger charge is -2.36. The van der Waals surface area contributed by atoms with Gasteiger partial charge in [0.15, 0.2) is 0 Å². The Hall–Kier alpha value is -0.530. The minimum absolute atomic E-state index is 0.0336. The zero-order valence-electron chi connectivity index (χ0n) is 14.0. The molecule has 0 heterocycles. The van der Waals surface area contributed by atoms with Crippen molar-refractivity contribution in [2.24, 2.45) is 17.8 Å². The molecule has 2 nitrogen and oxygen atoms in total. The van der Waals surface area contributed by atoms with Gasteiger partial charge in [0.05, 0.1) is 0 Å². The molecular formula is C18H34O2. The van der Waals surface area contributed by atoms with Crippen LogP contribution in [-0.2, 0) is 9.53 Å². The molecule has 2 heteroatoms. The fraction of sp³-hybridized carbons (Fsp3) is 0.944. The van der Waals surface area contributed by atoms with Gasteiger partial charge in [-0.3, -0.25) is 4.79 Å². The van der Waals surface area contributed by atoms with Gasteiger partial charge >= 0.3 is 5.97 Å². The van der Waals surface area contributed by atoms with Gasteiger partial charge in [0.25, 0.3) is 0 Å². The zero-order chi connectivity index (χ0) is 15.0. The maximum absolute atomic E-state index is 12.0. The molecule has 1 aliphatic carbocycles. The van der Waals surface area contributed by atoms with E-state index in [9.17, 15) is 4.79 Å². The summed E-state index contributed by atoms with van der Waals surface area (Å²) in [7, 11) is 0. The van der Waals surface area contributed by atoms with Crippen molar-refractivity contribution < 1.29 is 9.53 Å². The van der Waals surface area contributed by atoms with Crippen LogP contribution in [0.5, 0.6) is 0 Å². The molecule has 0 aromatic rings. The van der Waals surface area contributed by atoms with Crippen LogP contribution in [0.4, 0.5) is 0 Å². The Labute approximate surface area is 125 Å². The number of hydrogen-bond acceptors (Lipinski definition) is 2. The van der Waals surface area contributed by atoms with Crippen molar-refractivity contribution in [2.75, 3.05) is 0 Å². The summed E-state index contributed by atoms with van der Waals surface area (Å²) in [6.07, 6.45) is 10.3. The molecular weight excluding hydrogens is 248 g/mol. The van der Waals surface area contributed by atoms with Crippen molar-refractivity contribution in [2.45, 2.75) is 91.6 Å². The fourth-order valence-electron chi connectivity index (χ4n) is 3.35. The normalized spacial score (nSPS) is 26.8. The van der Waals surface area contributed by atoms with Gasteiger partial charge < -0.3 is 4.74 Å². The van der Waals surface area contributed by atoms with Gasteiger partial charge in [0, 0.05) is 6.42 Å². The molecule has 0 amide bonds. The second-order valence-electron chi connectivity index (χ2n) is 7.02. The summed E-state index contributed by atoms with van der Waals surface area (Å²) in [5.74, 6) is 1.92. The van der Waals surface area contributed by atoms with E-state index in [1.807, 2.05) is 0 Å². The molecule has 0 aromatic carbocycles. The maximum Gasteiger partial charge on any atom is 0.306 e. The molecule has 0 aliphatic heterocycles. The summed E-state index contributed by atoms with van der Waals surface area (Å²) in [5, 5.41) is 0. The van der Waals surface area contributed by atoms with Crippen LogP contribution < -0.4 is 0 Å². The lowest BCUT2D eigenvalue weighted by molar-refractivity contribution is -0.156. The number of carbonyl (C=O) groups excluding carboxylic acids is 1. The van der Waals surface area contributed by atoms with Gasteiger partial charge in [-0.2, -0.15) is 0 Å². The molecule has 0 N–H and O–H groups in total. The van der Waals surface area contributed by atoms with E-state index in [0.717, 1.165) is 19.3 Å². The first kappa shape index (κ1) is 17.5. The molecule has 1 fully saturated rings. The van der Waals surface area contributed by atoms with Crippen LogP contribution in [-0.4, -0.2) is 12.1 Å². The second-order valence-corrected chi connectivity index (χ2v) is 7.02. The summed E-state index contributed by atoms with van der Waals surface area (Å²) < 4.78 is 5.80. The Kier molecular flexibility index (Phi) is 8.25. The average molecular weight is 282 g/mol. The van der Waals surface area contributed by atoms with E-state index in [4.69, 9.17) is 4.74 Å². The molecule has 0 bridgehead atoms. The van der Waals surface area contributed by atoms with Gasteiger partial charge in [0.2, 0.25) is 0 Å². The zero-order valence-corrected chi connectivity index (χ0v) is 14.0. The number of ether oxygens (including phenoxy) is 1. The molecule has 1 aliphatic rings. The van der Waals surface area contributed by atoms with Crippen LogP contribution in [0.25, 0.3) is 0 Å². The van der Waals surface area contributed by atoms with Crippen molar-refractivity contribution in [3.8, 4) is 0 Å². The molecule has 1 saturated carbocycles. The molecule has 20 heavy (non-hydrogen) atoms. The van der Waals surface area contributed by atoms with Crippen LogP contribution in [0.1, 0.15) is 85.5 Å². The third-order valence-electron chi connectivity index (χ3n) is 4.73. The van der Waals surface area contributed by atoms with E-state index in [0.29, 0.717) is 24.2 Å². The number of hydrogen-bond donors (Lipinski definition) is 0.